The van der Waals surface area contributed by atoms with E-state index in [0.29, 0.717) is 12.8 Å². The lowest BCUT2D eigenvalue weighted by Crippen LogP contribution is -2.69. The lowest BCUT2D eigenvalue weighted by Gasteiger charge is -2.71. The number of fused-ring (bicyclic) bond motifs is 5. The number of aliphatic hydroxyl groups is 5. The van der Waals surface area contributed by atoms with Crippen molar-refractivity contribution in [3.63, 3.8) is 0 Å². The van der Waals surface area contributed by atoms with Gasteiger partial charge in [-0.3, -0.25) is 0 Å². The summed E-state index contributed by atoms with van der Waals surface area (Å²) in [5.41, 5.74) is -1.00. The predicted molar refractivity (Wildman–Crippen MR) is 138 cm³/mol. The van der Waals surface area contributed by atoms with Crippen LogP contribution >= 0.6 is 0 Å². The summed E-state index contributed by atoms with van der Waals surface area (Å²) in [6, 6.07) is 0. The first-order valence-electron chi connectivity index (χ1n) is 14.0. The van der Waals surface area contributed by atoms with Gasteiger partial charge in [0.25, 0.3) is 0 Å². The second-order valence-electron chi connectivity index (χ2n) is 14.9. The zero-order valence-corrected chi connectivity index (χ0v) is 23.4. The molecule has 5 N–H and O–H groups in total. The number of hydrogen-bond acceptors (Lipinski definition) is 5. The third-order valence-electron chi connectivity index (χ3n) is 12.2. The molecule has 0 aromatic carbocycles. The number of aliphatic hydroxyl groups excluding tert-OH is 4. The van der Waals surface area contributed by atoms with Gasteiger partial charge in [-0.05, 0) is 105 Å². The van der Waals surface area contributed by atoms with Crippen molar-refractivity contribution in [1.82, 2.24) is 0 Å². The van der Waals surface area contributed by atoms with Crippen LogP contribution in [0, 0.1) is 45.3 Å². The van der Waals surface area contributed by atoms with Gasteiger partial charge in [0, 0.05) is 6.42 Å². The molecular weight excluding hydrogens is 440 g/mol. The molecule has 0 unspecified atom stereocenters. The van der Waals surface area contributed by atoms with Crippen molar-refractivity contribution in [2.75, 3.05) is 0 Å². The molecule has 0 heterocycles. The maximum atomic E-state index is 11.8. The Kier molecular flexibility index (Phi) is 6.72. The zero-order chi connectivity index (χ0) is 26.4. The van der Waals surface area contributed by atoms with Crippen LogP contribution in [0.3, 0.4) is 0 Å². The summed E-state index contributed by atoms with van der Waals surface area (Å²) < 4.78 is 0. The van der Waals surface area contributed by atoms with E-state index in [1.165, 1.54) is 0 Å². The van der Waals surface area contributed by atoms with Gasteiger partial charge < -0.3 is 25.5 Å². The van der Waals surface area contributed by atoms with E-state index >= 15 is 0 Å². The van der Waals surface area contributed by atoms with Gasteiger partial charge in [-0.15, -0.1) is 0 Å². The molecule has 0 bridgehead atoms. The highest BCUT2D eigenvalue weighted by Gasteiger charge is 2.73. The second-order valence-corrected chi connectivity index (χ2v) is 14.9. The SMILES string of the molecule is CC(C)=C[C@@H](O)C[C@](C)(O)[C@H]1CC[C@]2(C)[C@@H]1[C@H](O)C[C@@H]1[C@@]3(C)CC[C@H](O)C(C)(C)[C@@H]3[C@@H](O)C[C@]12C. The molecule has 12 atom stereocenters. The van der Waals surface area contributed by atoms with Crippen molar-refractivity contribution in [2.24, 2.45) is 45.3 Å². The first kappa shape index (κ1) is 27.6. The molecule has 0 aliphatic heterocycles. The van der Waals surface area contributed by atoms with Crippen LogP contribution < -0.4 is 0 Å². The number of rotatable bonds is 4. The second kappa shape index (κ2) is 8.53. The van der Waals surface area contributed by atoms with Crippen molar-refractivity contribution in [1.29, 1.82) is 0 Å². The Morgan fingerprint density at radius 2 is 1.60 bits per heavy atom. The smallest absolute Gasteiger partial charge is 0.0750 e. The van der Waals surface area contributed by atoms with E-state index in [1.807, 2.05) is 20.8 Å². The summed E-state index contributed by atoms with van der Waals surface area (Å²) in [5, 5.41) is 56.6. The highest BCUT2D eigenvalue weighted by atomic mass is 16.3. The molecule has 0 radical (unpaired) electrons. The Morgan fingerprint density at radius 1 is 0.971 bits per heavy atom. The first-order chi connectivity index (χ1) is 15.9. The van der Waals surface area contributed by atoms with Gasteiger partial charge in [0.1, 0.15) is 0 Å². The minimum Gasteiger partial charge on any atom is -0.393 e. The van der Waals surface area contributed by atoms with Crippen LogP contribution in [0.4, 0.5) is 0 Å². The van der Waals surface area contributed by atoms with Crippen LogP contribution in [-0.4, -0.2) is 55.5 Å². The standard InChI is InChI=1S/C30H52O5/c1-17(2)13-18(31)15-30(8,35)19-9-12-28(6)24(19)20(32)14-22-27(5)11-10-23(34)26(3,4)25(27)21(33)16-29(22,28)7/h13,18-25,31-35H,9-12,14-16H2,1-8H3/t18-,19+,20-,21+,22-,23+,24+,25+,27-,28-,29-,30+/m1/s1. The fourth-order valence-corrected chi connectivity index (χ4v) is 10.7. The fraction of sp³-hybridized carbons (Fsp3) is 0.933. The van der Waals surface area contributed by atoms with Gasteiger partial charge in [-0.1, -0.05) is 46.3 Å². The van der Waals surface area contributed by atoms with Gasteiger partial charge in [0.05, 0.1) is 30.0 Å². The van der Waals surface area contributed by atoms with E-state index in [1.54, 1.807) is 6.08 Å². The van der Waals surface area contributed by atoms with E-state index in [9.17, 15) is 25.5 Å². The molecule has 4 fully saturated rings. The quantitative estimate of drug-likeness (QED) is 0.374. The Hall–Kier alpha value is -0.460. The first-order valence-corrected chi connectivity index (χ1v) is 14.0. The van der Waals surface area contributed by atoms with E-state index < -0.39 is 30.0 Å². The van der Waals surface area contributed by atoms with Crippen molar-refractivity contribution >= 4 is 0 Å². The molecule has 0 aromatic rings. The summed E-state index contributed by atoms with van der Waals surface area (Å²) in [6.07, 6.45) is 4.56. The Labute approximate surface area is 213 Å². The van der Waals surface area contributed by atoms with Crippen molar-refractivity contribution < 1.29 is 25.5 Å². The van der Waals surface area contributed by atoms with Crippen molar-refractivity contribution in [3.05, 3.63) is 11.6 Å². The molecule has 0 amide bonds. The minimum absolute atomic E-state index is 0.0105. The molecule has 0 saturated heterocycles. The van der Waals surface area contributed by atoms with E-state index in [-0.39, 0.29) is 51.8 Å². The van der Waals surface area contributed by atoms with Crippen LogP contribution in [0.25, 0.3) is 0 Å². The largest absolute Gasteiger partial charge is 0.393 e. The van der Waals surface area contributed by atoms with Gasteiger partial charge >= 0.3 is 0 Å². The lowest BCUT2D eigenvalue weighted by atomic mass is 9.34. The Balaban J connectivity index is 1.71. The topological polar surface area (TPSA) is 101 Å². The molecule has 5 heteroatoms. The van der Waals surface area contributed by atoms with Crippen LogP contribution in [0.2, 0.25) is 0 Å². The van der Waals surface area contributed by atoms with Crippen LogP contribution in [0.1, 0.15) is 100 Å². The van der Waals surface area contributed by atoms with Crippen molar-refractivity contribution in [3.8, 4) is 0 Å². The monoisotopic (exact) mass is 492 g/mol. The molecule has 35 heavy (non-hydrogen) atoms. The van der Waals surface area contributed by atoms with Gasteiger partial charge in [-0.2, -0.15) is 0 Å². The molecule has 5 nitrogen and oxygen atoms in total. The van der Waals surface area contributed by atoms with Crippen LogP contribution in [0.15, 0.2) is 11.6 Å². The highest BCUT2D eigenvalue weighted by Crippen LogP contribution is 2.75. The molecule has 4 saturated carbocycles. The summed E-state index contributed by atoms with van der Waals surface area (Å²) >= 11 is 0. The highest BCUT2D eigenvalue weighted by molar-refractivity contribution is 5.21. The maximum absolute atomic E-state index is 11.8. The summed E-state index contributed by atoms with van der Waals surface area (Å²) in [7, 11) is 0. The Bertz CT molecular complexity index is 846. The van der Waals surface area contributed by atoms with Gasteiger partial charge in [0.2, 0.25) is 0 Å². The van der Waals surface area contributed by atoms with E-state index in [0.717, 1.165) is 31.3 Å². The summed E-state index contributed by atoms with van der Waals surface area (Å²) in [5.74, 6) is 0.0510. The van der Waals surface area contributed by atoms with Crippen molar-refractivity contribution in [2.45, 2.75) is 130 Å². The van der Waals surface area contributed by atoms with Crippen LogP contribution in [-0.2, 0) is 0 Å². The predicted octanol–water partition coefficient (Wildman–Crippen LogP) is 4.44. The molecule has 4 aliphatic rings. The lowest BCUT2D eigenvalue weighted by molar-refractivity contribution is -0.274. The average molecular weight is 493 g/mol. The van der Waals surface area contributed by atoms with E-state index in [2.05, 4.69) is 34.6 Å². The molecule has 0 aromatic heterocycles. The minimum atomic E-state index is -1.09. The molecule has 4 rings (SSSR count). The molecule has 4 aliphatic carbocycles. The Morgan fingerprint density at radius 3 is 2.20 bits per heavy atom. The van der Waals surface area contributed by atoms with Gasteiger partial charge in [-0.25, -0.2) is 0 Å². The number of hydrogen-bond donors (Lipinski definition) is 5. The normalized spacial score (nSPS) is 51.4. The summed E-state index contributed by atoms with van der Waals surface area (Å²) in [4.78, 5) is 0. The maximum Gasteiger partial charge on any atom is 0.0750 e. The zero-order valence-electron chi connectivity index (χ0n) is 23.4. The van der Waals surface area contributed by atoms with Crippen LogP contribution in [0.5, 0.6) is 0 Å². The average Bonchev–Trinajstić information content (AvgIpc) is 3.07. The van der Waals surface area contributed by atoms with Gasteiger partial charge in [0.15, 0.2) is 0 Å². The molecular formula is C30H52O5. The fourth-order valence-electron chi connectivity index (χ4n) is 10.7. The third-order valence-corrected chi connectivity index (χ3v) is 12.2. The molecule has 202 valence electrons. The summed E-state index contributed by atoms with van der Waals surface area (Å²) in [6.45, 7) is 16.9. The molecule has 0 spiro atoms. The van der Waals surface area contributed by atoms with E-state index in [4.69, 9.17) is 0 Å². The third kappa shape index (κ3) is 3.90. The number of allylic oxidation sites excluding steroid dienone is 1.